The number of nitrogens with zero attached hydrogens (tertiary/aromatic N) is 4. The van der Waals surface area contributed by atoms with E-state index < -0.39 is 46.5 Å². The number of alkyl halides is 3. The Kier molecular flexibility index (Phi) is 4.47. The Morgan fingerprint density at radius 1 is 1.36 bits per heavy atom. The first kappa shape index (κ1) is 19.8. The van der Waals surface area contributed by atoms with Gasteiger partial charge in [-0.25, -0.2) is 4.79 Å². The number of amides is 4. The van der Waals surface area contributed by atoms with Crippen molar-refractivity contribution in [3.05, 3.63) is 17.5 Å². The van der Waals surface area contributed by atoms with E-state index in [0.717, 1.165) is 9.58 Å². The lowest BCUT2D eigenvalue weighted by atomic mass is 9.97. The molecule has 0 radical (unpaired) electrons. The fourth-order valence-electron chi connectivity index (χ4n) is 2.95. The third-order valence-electron chi connectivity index (χ3n) is 4.01. The molecule has 13 nitrogen and oxygen atoms in total. The predicted molar refractivity (Wildman–Crippen MR) is 77.6 cm³/mol. The van der Waals surface area contributed by atoms with Crippen molar-refractivity contribution in [1.29, 1.82) is 0 Å². The largest absolute Gasteiger partial charge is 0.472 e. The van der Waals surface area contributed by atoms with E-state index in [1.807, 2.05) is 0 Å². The van der Waals surface area contributed by atoms with Crippen LogP contribution < -0.4 is 10.9 Å². The van der Waals surface area contributed by atoms with E-state index in [1.165, 1.54) is 18.7 Å². The number of fused-ring (bicyclic) bond motifs is 4. The van der Waals surface area contributed by atoms with Crippen molar-refractivity contribution in [2.24, 2.45) is 7.05 Å². The number of aromatic nitrogens is 2. The van der Waals surface area contributed by atoms with E-state index >= 15 is 0 Å². The number of rotatable bonds is 3. The van der Waals surface area contributed by atoms with E-state index in [2.05, 4.69) is 9.38 Å². The second-order valence-electron chi connectivity index (χ2n) is 5.73. The number of carbonyl (C=O) groups excluding carboxylic acids is 3. The molecule has 4 amide bonds. The van der Waals surface area contributed by atoms with Crippen LogP contribution in [0.3, 0.4) is 0 Å². The Hall–Kier alpha value is -2.92. The molecular formula is C11H11F3N6O7S. The number of carbonyl (C=O) groups is 3. The third kappa shape index (κ3) is 3.34. The highest BCUT2D eigenvalue weighted by Gasteiger charge is 2.54. The summed E-state index contributed by atoms with van der Waals surface area (Å²) in [4.78, 5) is 36.5. The molecule has 3 heterocycles. The first-order valence-corrected chi connectivity index (χ1v) is 8.63. The fraction of sp³-hybridized carbons (Fsp3) is 0.455. The smallest absolute Gasteiger partial charge is 0.302 e. The van der Waals surface area contributed by atoms with Gasteiger partial charge in [-0.05, 0) is 0 Å². The maximum Gasteiger partial charge on any atom is 0.472 e. The van der Waals surface area contributed by atoms with Crippen LogP contribution in [0.4, 0.5) is 18.0 Å². The third-order valence-corrected chi connectivity index (χ3v) is 4.36. The molecule has 2 aliphatic heterocycles. The van der Waals surface area contributed by atoms with Gasteiger partial charge in [0.05, 0.1) is 18.4 Å². The van der Waals surface area contributed by atoms with Crippen LogP contribution in [-0.2, 0) is 31.3 Å². The van der Waals surface area contributed by atoms with Crippen molar-refractivity contribution in [3.63, 3.8) is 0 Å². The van der Waals surface area contributed by atoms with Gasteiger partial charge in [0.1, 0.15) is 6.04 Å². The molecular weight excluding hydrogens is 417 g/mol. The van der Waals surface area contributed by atoms with Crippen LogP contribution in [0.5, 0.6) is 0 Å². The van der Waals surface area contributed by atoms with E-state index in [9.17, 15) is 36.0 Å². The van der Waals surface area contributed by atoms with Crippen molar-refractivity contribution in [3.8, 4) is 0 Å². The number of aryl methyl sites for hydroxylation is 1. The van der Waals surface area contributed by atoms with Gasteiger partial charge in [-0.3, -0.25) is 29.7 Å². The van der Waals surface area contributed by atoms with Crippen LogP contribution in [0.25, 0.3) is 0 Å². The second-order valence-corrected chi connectivity index (χ2v) is 6.74. The van der Waals surface area contributed by atoms with Crippen molar-refractivity contribution in [1.82, 2.24) is 30.6 Å². The summed E-state index contributed by atoms with van der Waals surface area (Å²) in [5.41, 5.74) is 2.94. The molecule has 0 spiro atoms. The van der Waals surface area contributed by atoms with E-state index in [1.54, 1.807) is 5.43 Å². The highest BCUT2D eigenvalue weighted by atomic mass is 32.3. The number of hydrazine groups is 1. The molecule has 1 aromatic heterocycles. The van der Waals surface area contributed by atoms with E-state index in [-0.39, 0.29) is 17.8 Å². The lowest BCUT2D eigenvalue weighted by Crippen LogP contribution is -2.52. The molecule has 154 valence electrons. The minimum atomic E-state index is -5.26. The molecule has 17 heteroatoms. The molecule has 1 aromatic rings. The van der Waals surface area contributed by atoms with Crippen molar-refractivity contribution < 1.29 is 44.8 Å². The molecule has 3 N–H and O–H groups in total. The maximum atomic E-state index is 12.4. The number of urea groups is 1. The van der Waals surface area contributed by atoms with Crippen LogP contribution in [0.2, 0.25) is 0 Å². The van der Waals surface area contributed by atoms with Crippen molar-refractivity contribution in [2.75, 3.05) is 6.54 Å². The summed E-state index contributed by atoms with van der Waals surface area (Å²) in [5, 5.41) is 4.18. The monoisotopic (exact) mass is 428 g/mol. The SMILES string of the molecule is Cn1ncc2c1C(C(=O)NNC(=O)C(F)(F)F)N1CC2N(OS(=O)(=O)O)C1=O. The minimum Gasteiger partial charge on any atom is -0.302 e. The number of hydroxylamine groups is 2. The molecule has 28 heavy (non-hydrogen) atoms. The molecule has 2 unspecified atom stereocenters. The number of halogens is 3. The van der Waals surface area contributed by atoms with Gasteiger partial charge in [-0.2, -0.15) is 31.8 Å². The number of hydrogen-bond donors (Lipinski definition) is 3. The normalized spacial score (nSPS) is 21.5. The highest BCUT2D eigenvalue weighted by molar-refractivity contribution is 7.80. The molecule has 1 fully saturated rings. The quantitative estimate of drug-likeness (QED) is 0.395. The number of nitrogens with one attached hydrogen (secondary N) is 2. The molecule has 2 atom stereocenters. The van der Waals surface area contributed by atoms with Crippen LogP contribution >= 0.6 is 0 Å². The lowest BCUT2D eigenvalue weighted by molar-refractivity contribution is -0.175. The van der Waals surface area contributed by atoms with Gasteiger partial charge >= 0.3 is 28.5 Å². The van der Waals surface area contributed by atoms with E-state index in [0.29, 0.717) is 5.06 Å². The van der Waals surface area contributed by atoms with Gasteiger partial charge in [0.2, 0.25) is 0 Å². The van der Waals surface area contributed by atoms with Gasteiger partial charge in [0.15, 0.2) is 6.04 Å². The van der Waals surface area contributed by atoms with Crippen LogP contribution in [0, 0.1) is 0 Å². The zero-order valence-electron chi connectivity index (χ0n) is 13.7. The Bertz CT molecular complexity index is 960. The average molecular weight is 428 g/mol. The summed E-state index contributed by atoms with van der Waals surface area (Å²) >= 11 is 0. The van der Waals surface area contributed by atoms with Crippen molar-refractivity contribution >= 4 is 28.2 Å². The summed E-state index contributed by atoms with van der Waals surface area (Å²) in [6.45, 7) is -0.293. The molecule has 0 saturated carbocycles. The lowest BCUT2D eigenvalue weighted by Gasteiger charge is -2.30. The van der Waals surface area contributed by atoms with E-state index in [4.69, 9.17) is 4.55 Å². The van der Waals surface area contributed by atoms with Gasteiger partial charge in [0, 0.05) is 12.6 Å². The van der Waals surface area contributed by atoms with Crippen LogP contribution in [0.15, 0.2) is 6.20 Å². The summed E-state index contributed by atoms with van der Waals surface area (Å²) < 4.78 is 73.0. The second kappa shape index (κ2) is 6.31. The average Bonchev–Trinajstić information content (AvgIpc) is 3.06. The Morgan fingerprint density at radius 3 is 2.57 bits per heavy atom. The van der Waals surface area contributed by atoms with Gasteiger partial charge in [-0.15, -0.1) is 4.28 Å². The summed E-state index contributed by atoms with van der Waals surface area (Å²) in [5.74, 6) is -3.66. The topological polar surface area (TPSA) is 163 Å². The van der Waals surface area contributed by atoms with Crippen molar-refractivity contribution in [2.45, 2.75) is 18.3 Å². The summed E-state index contributed by atoms with van der Waals surface area (Å²) in [6.07, 6.45) is -4.06. The van der Waals surface area contributed by atoms with Gasteiger partial charge in [0.25, 0.3) is 5.91 Å². The maximum absolute atomic E-state index is 12.4. The number of hydrogen-bond acceptors (Lipinski definition) is 7. The summed E-state index contributed by atoms with van der Waals surface area (Å²) in [7, 11) is -3.71. The molecule has 2 aliphatic rings. The highest BCUT2D eigenvalue weighted by Crippen LogP contribution is 2.43. The Morgan fingerprint density at radius 2 is 2.00 bits per heavy atom. The first-order valence-electron chi connectivity index (χ1n) is 7.27. The first-order chi connectivity index (χ1) is 12.8. The molecule has 0 aliphatic carbocycles. The summed E-state index contributed by atoms with van der Waals surface area (Å²) in [6, 6.07) is -3.78. The molecule has 0 aromatic carbocycles. The van der Waals surface area contributed by atoms with Crippen LogP contribution in [0.1, 0.15) is 23.3 Å². The Balaban J connectivity index is 1.91. The standard InChI is InChI=1S/C11H11F3N6O7S/c1-18-6-4(2-15-18)5-3-19(10(23)20(5)27-28(24,25)26)7(6)8(21)16-17-9(22)11(12,13)14/h2,5,7H,3H2,1H3,(H,16,21)(H,17,22)(H,24,25,26). The minimum absolute atomic E-state index is 0.0461. The Labute approximate surface area is 153 Å². The van der Waals surface area contributed by atoms with Crippen LogP contribution in [-0.4, -0.2) is 63.3 Å². The van der Waals surface area contributed by atoms with Gasteiger partial charge < -0.3 is 4.90 Å². The van der Waals surface area contributed by atoms with Gasteiger partial charge in [-0.1, -0.05) is 0 Å². The zero-order valence-corrected chi connectivity index (χ0v) is 14.5. The predicted octanol–water partition coefficient (Wildman–Crippen LogP) is -1.30. The fourth-order valence-corrected chi connectivity index (χ4v) is 3.32. The molecule has 1 saturated heterocycles. The molecule has 3 rings (SSSR count). The molecule has 2 bridgehead atoms. The zero-order chi connectivity index (χ0) is 21.0.